The van der Waals surface area contributed by atoms with Crippen LogP contribution in [0.5, 0.6) is 5.75 Å². The van der Waals surface area contributed by atoms with Crippen molar-refractivity contribution in [3.05, 3.63) is 78.6 Å². The zero-order valence-electron chi connectivity index (χ0n) is 18.3. The van der Waals surface area contributed by atoms with E-state index < -0.39 is 10.0 Å². The molecule has 8 heteroatoms. The number of piperidine rings is 1. The summed E-state index contributed by atoms with van der Waals surface area (Å²) in [4.78, 5) is 2.38. The second kappa shape index (κ2) is 10.3. The lowest BCUT2D eigenvalue weighted by Crippen LogP contribution is -2.52. The number of hydrogen-bond donors (Lipinski definition) is 1. The van der Waals surface area contributed by atoms with Crippen molar-refractivity contribution in [3.8, 4) is 11.4 Å². The third-order valence-corrected chi connectivity index (χ3v) is 7.27. The Morgan fingerprint density at radius 2 is 1.88 bits per heavy atom. The molecule has 0 spiro atoms. The van der Waals surface area contributed by atoms with Gasteiger partial charge in [0.1, 0.15) is 5.75 Å². The fourth-order valence-corrected chi connectivity index (χ4v) is 4.99. The maximum Gasteiger partial charge on any atom is 0.211 e. The highest BCUT2D eigenvalue weighted by atomic mass is 32.2. The third kappa shape index (κ3) is 5.97. The maximum atomic E-state index is 12.2. The van der Waals surface area contributed by atoms with Crippen LogP contribution in [-0.4, -0.2) is 54.6 Å². The molecule has 4 rings (SSSR count). The van der Waals surface area contributed by atoms with Gasteiger partial charge in [-0.3, -0.25) is 4.90 Å². The average molecular weight is 455 g/mol. The number of benzene rings is 2. The Bertz CT molecular complexity index is 1070. The Hall–Kier alpha value is -2.68. The van der Waals surface area contributed by atoms with Crippen molar-refractivity contribution in [2.75, 3.05) is 25.4 Å². The van der Waals surface area contributed by atoms with E-state index in [0.717, 1.165) is 37.5 Å². The van der Waals surface area contributed by atoms with Gasteiger partial charge in [0, 0.05) is 44.0 Å². The predicted molar refractivity (Wildman–Crippen MR) is 125 cm³/mol. The number of aromatic nitrogens is 2. The molecule has 1 saturated heterocycles. The van der Waals surface area contributed by atoms with E-state index in [1.807, 2.05) is 54.7 Å². The SMILES string of the molecule is CCS(=O)(=O)N[C@H]1CCN(Cc2ccccc2)C[C@@H]1COc1ccc(-n2cccn2)cc1. The van der Waals surface area contributed by atoms with Gasteiger partial charge in [-0.15, -0.1) is 0 Å². The minimum Gasteiger partial charge on any atom is -0.493 e. The predicted octanol–water partition coefficient (Wildman–Crippen LogP) is 3.08. The highest BCUT2D eigenvalue weighted by molar-refractivity contribution is 7.89. The summed E-state index contributed by atoms with van der Waals surface area (Å²) in [6.07, 6.45) is 4.40. The fourth-order valence-electron chi connectivity index (χ4n) is 4.05. The Morgan fingerprint density at radius 3 is 2.56 bits per heavy atom. The minimum absolute atomic E-state index is 0.0552. The molecule has 0 amide bonds. The van der Waals surface area contributed by atoms with E-state index in [1.54, 1.807) is 17.8 Å². The number of nitrogens with zero attached hydrogens (tertiary/aromatic N) is 3. The molecule has 0 saturated carbocycles. The first-order chi connectivity index (χ1) is 15.5. The molecule has 1 fully saturated rings. The van der Waals surface area contributed by atoms with Crippen LogP contribution < -0.4 is 9.46 Å². The Morgan fingerprint density at radius 1 is 1.09 bits per heavy atom. The summed E-state index contributed by atoms with van der Waals surface area (Å²) in [5.74, 6) is 0.900. The molecule has 1 aliphatic heterocycles. The van der Waals surface area contributed by atoms with Gasteiger partial charge in [-0.25, -0.2) is 17.8 Å². The minimum atomic E-state index is -3.28. The first kappa shape index (κ1) is 22.5. The van der Waals surface area contributed by atoms with Crippen LogP contribution in [0, 0.1) is 5.92 Å². The number of hydrogen-bond acceptors (Lipinski definition) is 5. The van der Waals surface area contributed by atoms with E-state index in [9.17, 15) is 8.42 Å². The van der Waals surface area contributed by atoms with Crippen molar-refractivity contribution < 1.29 is 13.2 Å². The van der Waals surface area contributed by atoms with Crippen LogP contribution in [0.3, 0.4) is 0 Å². The summed E-state index contributed by atoms with van der Waals surface area (Å²) >= 11 is 0. The molecular weight excluding hydrogens is 424 g/mol. The summed E-state index contributed by atoms with van der Waals surface area (Å²) in [6, 6.07) is 19.9. The first-order valence-corrected chi connectivity index (χ1v) is 12.7. The first-order valence-electron chi connectivity index (χ1n) is 11.0. The van der Waals surface area contributed by atoms with E-state index >= 15 is 0 Å². The molecule has 2 aromatic carbocycles. The van der Waals surface area contributed by atoms with E-state index in [-0.39, 0.29) is 17.7 Å². The second-order valence-corrected chi connectivity index (χ2v) is 10.2. The molecule has 0 radical (unpaired) electrons. The van der Waals surface area contributed by atoms with E-state index in [4.69, 9.17) is 4.74 Å². The largest absolute Gasteiger partial charge is 0.493 e. The number of sulfonamides is 1. The fraction of sp³-hybridized carbons (Fsp3) is 0.375. The number of likely N-dealkylation sites (tertiary alicyclic amines) is 1. The summed E-state index contributed by atoms with van der Waals surface area (Å²) in [5, 5.41) is 4.24. The summed E-state index contributed by atoms with van der Waals surface area (Å²) in [5.41, 5.74) is 2.22. The topological polar surface area (TPSA) is 76.5 Å². The summed E-state index contributed by atoms with van der Waals surface area (Å²) < 4.78 is 35.3. The lowest BCUT2D eigenvalue weighted by atomic mass is 9.93. The molecule has 2 heterocycles. The number of rotatable bonds is 9. The summed E-state index contributed by atoms with van der Waals surface area (Å²) in [7, 11) is -3.28. The van der Waals surface area contributed by atoms with Crippen LogP contribution in [0.25, 0.3) is 5.69 Å². The van der Waals surface area contributed by atoms with Gasteiger partial charge in [0.05, 0.1) is 18.0 Å². The smallest absolute Gasteiger partial charge is 0.211 e. The molecule has 3 aromatic rings. The van der Waals surface area contributed by atoms with Gasteiger partial charge in [-0.2, -0.15) is 5.10 Å². The van der Waals surface area contributed by atoms with Gasteiger partial charge in [-0.1, -0.05) is 30.3 Å². The lowest BCUT2D eigenvalue weighted by molar-refractivity contribution is 0.102. The van der Waals surface area contributed by atoms with Crippen LogP contribution in [0.1, 0.15) is 18.9 Å². The zero-order valence-corrected chi connectivity index (χ0v) is 19.1. The molecule has 0 bridgehead atoms. The van der Waals surface area contributed by atoms with Gasteiger partial charge < -0.3 is 4.74 Å². The highest BCUT2D eigenvalue weighted by Gasteiger charge is 2.32. The number of nitrogens with one attached hydrogen (secondary N) is 1. The third-order valence-electron chi connectivity index (χ3n) is 5.85. The molecule has 0 aliphatic carbocycles. The van der Waals surface area contributed by atoms with Gasteiger partial charge in [-0.05, 0) is 49.2 Å². The molecule has 7 nitrogen and oxygen atoms in total. The standard InChI is InChI=1S/C24H30N4O3S/c1-2-32(29,30)26-24-13-16-27(17-20-7-4-3-5-8-20)18-21(24)19-31-23-11-9-22(10-12-23)28-15-6-14-25-28/h3-12,14-15,21,24,26H,2,13,16-19H2,1H3/t21-,24+/m1/s1. The van der Waals surface area contributed by atoms with E-state index in [2.05, 4.69) is 26.9 Å². The maximum absolute atomic E-state index is 12.2. The molecule has 1 aliphatic rings. The molecule has 2 atom stereocenters. The van der Waals surface area contributed by atoms with Crippen molar-refractivity contribution >= 4 is 10.0 Å². The Labute approximate surface area is 190 Å². The molecule has 32 heavy (non-hydrogen) atoms. The summed E-state index contributed by atoms with van der Waals surface area (Å²) in [6.45, 7) is 4.59. The Balaban J connectivity index is 1.42. The van der Waals surface area contributed by atoms with Gasteiger partial charge >= 0.3 is 0 Å². The molecule has 0 unspecified atom stereocenters. The molecule has 1 aromatic heterocycles. The van der Waals surface area contributed by atoms with Crippen molar-refractivity contribution in [2.24, 2.45) is 5.92 Å². The van der Waals surface area contributed by atoms with Crippen LogP contribution in [0.4, 0.5) is 0 Å². The number of ether oxygens (including phenoxy) is 1. The van der Waals surface area contributed by atoms with Gasteiger partial charge in [0.2, 0.25) is 10.0 Å². The van der Waals surface area contributed by atoms with Crippen LogP contribution >= 0.6 is 0 Å². The Kier molecular flexibility index (Phi) is 7.24. The van der Waals surface area contributed by atoms with Crippen molar-refractivity contribution in [1.82, 2.24) is 19.4 Å². The quantitative estimate of drug-likeness (QED) is 0.538. The highest BCUT2D eigenvalue weighted by Crippen LogP contribution is 2.23. The van der Waals surface area contributed by atoms with Crippen LogP contribution in [0.15, 0.2) is 73.1 Å². The zero-order chi connectivity index (χ0) is 22.4. The van der Waals surface area contributed by atoms with Crippen LogP contribution in [0.2, 0.25) is 0 Å². The van der Waals surface area contributed by atoms with E-state index in [0.29, 0.717) is 6.61 Å². The lowest BCUT2D eigenvalue weighted by Gasteiger charge is -2.38. The monoisotopic (exact) mass is 454 g/mol. The molecule has 170 valence electrons. The average Bonchev–Trinajstić information content (AvgIpc) is 3.35. The van der Waals surface area contributed by atoms with Gasteiger partial charge in [0.15, 0.2) is 0 Å². The van der Waals surface area contributed by atoms with Crippen molar-refractivity contribution in [1.29, 1.82) is 0 Å². The normalized spacial score (nSPS) is 19.7. The van der Waals surface area contributed by atoms with Crippen LogP contribution in [-0.2, 0) is 16.6 Å². The molecule has 1 N–H and O–H groups in total. The van der Waals surface area contributed by atoms with E-state index in [1.165, 1.54) is 5.56 Å². The van der Waals surface area contributed by atoms with Crippen molar-refractivity contribution in [2.45, 2.75) is 25.9 Å². The second-order valence-electron chi connectivity index (χ2n) is 8.15. The molecular formula is C24H30N4O3S. The van der Waals surface area contributed by atoms with Gasteiger partial charge in [0.25, 0.3) is 0 Å². The van der Waals surface area contributed by atoms with Crippen molar-refractivity contribution in [3.63, 3.8) is 0 Å².